The van der Waals surface area contributed by atoms with E-state index >= 15 is 0 Å². The Morgan fingerprint density at radius 2 is 1.41 bits per heavy atom. The van der Waals surface area contributed by atoms with Gasteiger partial charge >= 0.3 is 6.03 Å². The van der Waals surface area contributed by atoms with Crippen LogP contribution in [0.3, 0.4) is 0 Å². The van der Waals surface area contributed by atoms with E-state index in [2.05, 4.69) is 10.6 Å². The monoisotopic (exact) mass is 298 g/mol. The fourth-order valence-electron chi connectivity index (χ4n) is 2.00. The third-order valence-electron chi connectivity index (χ3n) is 3.26. The predicted octanol–water partition coefficient (Wildman–Crippen LogP) is 3.39. The van der Waals surface area contributed by atoms with Gasteiger partial charge in [-0.2, -0.15) is 0 Å². The minimum Gasteiger partial charge on any atom is -0.494 e. The number of hydrogen-bond donors (Lipinski definition) is 2. The topological polar surface area (TPSA) is 50.4 Å². The number of benzene rings is 2. The highest BCUT2D eigenvalue weighted by atomic mass is 16.5. The molecule has 2 rings (SSSR count). The molecule has 0 heterocycles. The van der Waals surface area contributed by atoms with Crippen molar-refractivity contribution in [2.45, 2.75) is 26.9 Å². The standard InChI is InChI=1S/C18H22N2O2/c1-3-22-17-10-8-16(9-11-17)13-20-18(21)19-12-15-6-4-14(2)5-7-15/h4-11H,3,12-13H2,1-2H3,(H2,19,20,21). The number of ether oxygens (including phenoxy) is 1. The van der Waals surface area contributed by atoms with Crippen LogP contribution in [0.2, 0.25) is 0 Å². The summed E-state index contributed by atoms with van der Waals surface area (Å²) in [4.78, 5) is 11.8. The maximum Gasteiger partial charge on any atom is 0.315 e. The Balaban J connectivity index is 1.74. The van der Waals surface area contributed by atoms with Crippen LogP contribution in [0.15, 0.2) is 48.5 Å². The van der Waals surface area contributed by atoms with E-state index in [4.69, 9.17) is 4.74 Å². The number of urea groups is 1. The zero-order chi connectivity index (χ0) is 15.8. The first-order valence-corrected chi connectivity index (χ1v) is 7.46. The summed E-state index contributed by atoms with van der Waals surface area (Å²) in [6.45, 7) is 5.66. The van der Waals surface area contributed by atoms with Gasteiger partial charge in [0.1, 0.15) is 5.75 Å². The molecule has 2 amide bonds. The van der Waals surface area contributed by atoms with Gasteiger partial charge in [0.15, 0.2) is 0 Å². The lowest BCUT2D eigenvalue weighted by Gasteiger charge is -2.09. The molecule has 2 N–H and O–H groups in total. The Labute approximate surface area is 131 Å². The SMILES string of the molecule is CCOc1ccc(CNC(=O)NCc2ccc(C)cc2)cc1. The summed E-state index contributed by atoms with van der Waals surface area (Å²) in [5, 5.41) is 5.69. The summed E-state index contributed by atoms with van der Waals surface area (Å²) in [7, 11) is 0. The van der Waals surface area contributed by atoms with Crippen LogP contribution >= 0.6 is 0 Å². The van der Waals surface area contributed by atoms with E-state index in [1.54, 1.807) is 0 Å². The molecule has 0 bridgehead atoms. The van der Waals surface area contributed by atoms with Crippen molar-refractivity contribution in [2.75, 3.05) is 6.61 Å². The predicted molar refractivity (Wildman–Crippen MR) is 87.9 cm³/mol. The fourth-order valence-corrected chi connectivity index (χ4v) is 2.00. The van der Waals surface area contributed by atoms with Crippen LogP contribution < -0.4 is 15.4 Å². The van der Waals surface area contributed by atoms with Crippen molar-refractivity contribution < 1.29 is 9.53 Å². The average Bonchev–Trinajstić information content (AvgIpc) is 2.54. The number of hydrogen-bond acceptors (Lipinski definition) is 2. The molecule has 22 heavy (non-hydrogen) atoms. The molecule has 2 aromatic carbocycles. The van der Waals surface area contributed by atoms with E-state index in [1.807, 2.05) is 62.4 Å². The fraction of sp³-hybridized carbons (Fsp3) is 0.278. The van der Waals surface area contributed by atoms with E-state index < -0.39 is 0 Å². The molecule has 0 radical (unpaired) electrons. The van der Waals surface area contributed by atoms with Gasteiger partial charge in [-0.25, -0.2) is 4.79 Å². The van der Waals surface area contributed by atoms with Gasteiger partial charge in [-0.3, -0.25) is 0 Å². The van der Waals surface area contributed by atoms with Gasteiger partial charge in [0.05, 0.1) is 6.61 Å². The molecule has 0 aromatic heterocycles. The van der Waals surface area contributed by atoms with E-state index in [0.29, 0.717) is 19.7 Å². The van der Waals surface area contributed by atoms with Gasteiger partial charge in [0.25, 0.3) is 0 Å². The Morgan fingerprint density at radius 3 is 1.91 bits per heavy atom. The summed E-state index contributed by atoms with van der Waals surface area (Å²) in [6, 6.07) is 15.6. The van der Waals surface area contributed by atoms with Crippen LogP contribution in [0.5, 0.6) is 5.75 Å². The lowest BCUT2D eigenvalue weighted by molar-refractivity contribution is 0.240. The average molecular weight is 298 g/mol. The number of carbonyl (C=O) groups excluding carboxylic acids is 1. The van der Waals surface area contributed by atoms with Crippen molar-refractivity contribution in [1.82, 2.24) is 10.6 Å². The number of carbonyl (C=O) groups is 1. The molecule has 0 unspecified atom stereocenters. The maximum absolute atomic E-state index is 11.8. The third kappa shape index (κ3) is 5.13. The normalized spacial score (nSPS) is 10.1. The van der Waals surface area contributed by atoms with Crippen molar-refractivity contribution >= 4 is 6.03 Å². The molecule has 0 aliphatic rings. The van der Waals surface area contributed by atoms with E-state index in [0.717, 1.165) is 16.9 Å². The summed E-state index contributed by atoms with van der Waals surface area (Å²) < 4.78 is 5.38. The second-order valence-corrected chi connectivity index (χ2v) is 5.10. The zero-order valence-electron chi connectivity index (χ0n) is 13.1. The van der Waals surface area contributed by atoms with Crippen LogP contribution in [0, 0.1) is 6.92 Å². The quantitative estimate of drug-likeness (QED) is 0.859. The molecule has 0 aliphatic heterocycles. The van der Waals surface area contributed by atoms with Crippen molar-refractivity contribution in [3.63, 3.8) is 0 Å². The maximum atomic E-state index is 11.8. The molecule has 4 nitrogen and oxygen atoms in total. The number of rotatable bonds is 6. The van der Waals surface area contributed by atoms with Crippen LogP contribution in [-0.4, -0.2) is 12.6 Å². The first-order valence-electron chi connectivity index (χ1n) is 7.46. The van der Waals surface area contributed by atoms with Gasteiger partial charge in [-0.1, -0.05) is 42.0 Å². The first-order chi connectivity index (χ1) is 10.7. The molecule has 0 aliphatic carbocycles. The van der Waals surface area contributed by atoms with Crippen LogP contribution in [-0.2, 0) is 13.1 Å². The molecule has 116 valence electrons. The molecular formula is C18H22N2O2. The number of aryl methyl sites for hydroxylation is 1. The molecule has 0 spiro atoms. The molecule has 0 saturated carbocycles. The molecule has 0 atom stereocenters. The Kier molecular flexibility index (Phi) is 5.83. The van der Waals surface area contributed by atoms with Gasteiger partial charge in [-0.15, -0.1) is 0 Å². The van der Waals surface area contributed by atoms with Gasteiger partial charge in [0.2, 0.25) is 0 Å². The number of nitrogens with one attached hydrogen (secondary N) is 2. The largest absolute Gasteiger partial charge is 0.494 e. The van der Waals surface area contributed by atoms with Crippen molar-refractivity contribution in [3.05, 3.63) is 65.2 Å². The molecule has 4 heteroatoms. The van der Waals surface area contributed by atoms with Gasteiger partial charge in [0, 0.05) is 13.1 Å². The molecular weight excluding hydrogens is 276 g/mol. The first kappa shape index (κ1) is 15.9. The summed E-state index contributed by atoms with van der Waals surface area (Å²) in [5.74, 6) is 0.843. The second kappa shape index (κ2) is 8.08. The smallest absolute Gasteiger partial charge is 0.315 e. The molecule has 0 saturated heterocycles. The highest BCUT2D eigenvalue weighted by molar-refractivity contribution is 5.73. The van der Waals surface area contributed by atoms with E-state index in [-0.39, 0.29) is 6.03 Å². The lowest BCUT2D eigenvalue weighted by Crippen LogP contribution is -2.34. The van der Waals surface area contributed by atoms with E-state index in [9.17, 15) is 4.79 Å². The Hall–Kier alpha value is -2.49. The summed E-state index contributed by atoms with van der Waals surface area (Å²) in [6.07, 6.45) is 0. The molecule has 2 aromatic rings. The summed E-state index contributed by atoms with van der Waals surface area (Å²) in [5.41, 5.74) is 3.33. The zero-order valence-corrected chi connectivity index (χ0v) is 13.1. The van der Waals surface area contributed by atoms with Crippen LogP contribution in [0.1, 0.15) is 23.6 Å². The minimum atomic E-state index is -0.172. The highest BCUT2D eigenvalue weighted by Gasteiger charge is 2.01. The van der Waals surface area contributed by atoms with Crippen molar-refractivity contribution in [3.8, 4) is 5.75 Å². The lowest BCUT2D eigenvalue weighted by atomic mass is 10.1. The Bertz CT molecular complexity index is 591. The molecule has 0 fully saturated rings. The van der Waals surface area contributed by atoms with Crippen LogP contribution in [0.25, 0.3) is 0 Å². The van der Waals surface area contributed by atoms with Crippen molar-refractivity contribution in [1.29, 1.82) is 0 Å². The van der Waals surface area contributed by atoms with Crippen molar-refractivity contribution in [2.24, 2.45) is 0 Å². The number of amides is 2. The third-order valence-corrected chi connectivity index (χ3v) is 3.26. The Morgan fingerprint density at radius 1 is 0.909 bits per heavy atom. The minimum absolute atomic E-state index is 0.172. The van der Waals surface area contributed by atoms with Gasteiger partial charge < -0.3 is 15.4 Å². The van der Waals surface area contributed by atoms with E-state index in [1.165, 1.54) is 5.56 Å². The second-order valence-electron chi connectivity index (χ2n) is 5.10. The highest BCUT2D eigenvalue weighted by Crippen LogP contribution is 2.11. The van der Waals surface area contributed by atoms with Crippen LogP contribution in [0.4, 0.5) is 4.79 Å². The summed E-state index contributed by atoms with van der Waals surface area (Å²) >= 11 is 0. The van der Waals surface area contributed by atoms with Gasteiger partial charge in [-0.05, 0) is 37.1 Å².